The van der Waals surface area contributed by atoms with Gasteiger partial charge in [0.25, 0.3) is 11.1 Å². The highest BCUT2D eigenvalue weighted by Crippen LogP contribution is 2.29. The Morgan fingerprint density at radius 2 is 2.00 bits per heavy atom. The van der Waals surface area contributed by atoms with E-state index in [9.17, 15) is 9.18 Å². The summed E-state index contributed by atoms with van der Waals surface area (Å²) in [6.45, 7) is 0. The van der Waals surface area contributed by atoms with Crippen LogP contribution in [-0.2, 0) is 5.75 Å². The Bertz CT molecular complexity index is 1040. The van der Waals surface area contributed by atoms with Gasteiger partial charge in [-0.2, -0.15) is 0 Å². The zero-order valence-electron chi connectivity index (χ0n) is 12.2. The minimum atomic E-state index is -0.772. The van der Waals surface area contributed by atoms with Gasteiger partial charge in [-0.1, -0.05) is 23.9 Å². The number of oxazole rings is 2. The van der Waals surface area contributed by atoms with Crippen molar-refractivity contribution < 1.29 is 18.0 Å². The fourth-order valence-electron chi connectivity index (χ4n) is 2.33. The second-order valence-corrected chi connectivity index (χ2v) is 5.94. The van der Waals surface area contributed by atoms with Crippen LogP contribution in [0.25, 0.3) is 22.2 Å². The van der Waals surface area contributed by atoms with Crippen LogP contribution in [0.1, 0.15) is 16.2 Å². The van der Waals surface area contributed by atoms with Gasteiger partial charge >= 0.3 is 0 Å². The molecule has 0 radical (unpaired) electrons. The van der Waals surface area contributed by atoms with Gasteiger partial charge in [0.15, 0.2) is 11.2 Å². The summed E-state index contributed by atoms with van der Waals surface area (Å²) in [6.07, 6.45) is 0. The first-order chi connectivity index (χ1) is 11.6. The molecule has 2 aromatic heterocycles. The number of fused-ring (bicyclic) bond motifs is 2. The predicted molar refractivity (Wildman–Crippen MR) is 86.1 cm³/mol. The van der Waals surface area contributed by atoms with E-state index in [4.69, 9.17) is 14.6 Å². The molecule has 0 saturated carbocycles. The van der Waals surface area contributed by atoms with Crippen LogP contribution in [0.5, 0.6) is 0 Å². The Morgan fingerprint density at radius 1 is 1.17 bits per heavy atom. The Morgan fingerprint density at radius 3 is 2.79 bits per heavy atom. The third-order valence-electron chi connectivity index (χ3n) is 3.36. The fraction of sp³-hybridized carbons (Fsp3) is 0.0625. The van der Waals surface area contributed by atoms with Crippen molar-refractivity contribution in [2.24, 2.45) is 5.73 Å². The van der Waals surface area contributed by atoms with Crippen LogP contribution in [0.3, 0.4) is 0 Å². The van der Waals surface area contributed by atoms with Crippen molar-refractivity contribution in [2.45, 2.75) is 11.0 Å². The number of hydrogen-bond acceptors (Lipinski definition) is 6. The number of amides is 1. The lowest BCUT2D eigenvalue weighted by molar-refractivity contribution is 0.100. The Hall–Kier alpha value is -2.87. The minimum absolute atomic E-state index is 0.0359. The number of thioether (sulfide) groups is 1. The van der Waals surface area contributed by atoms with Crippen LogP contribution in [0.15, 0.2) is 50.5 Å². The van der Waals surface area contributed by atoms with E-state index in [2.05, 4.69) is 9.97 Å². The van der Waals surface area contributed by atoms with E-state index in [0.29, 0.717) is 17.2 Å². The van der Waals surface area contributed by atoms with E-state index in [1.54, 1.807) is 0 Å². The van der Waals surface area contributed by atoms with Crippen molar-refractivity contribution in [3.8, 4) is 0 Å². The van der Waals surface area contributed by atoms with E-state index in [-0.39, 0.29) is 21.9 Å². The van der Waals surface area contributed by atoms with Crippen molar-refractivity contribution in [2.75, 3.05) is 0 Å². The van der Waals surface area contributed by atoms with Crippen LogP contribution in [0.4, 0.5) is 4.39 Å². The van der Waals surface area contributed by atoms with Crippen LogP contribution >= 0.6 is 11.8 Å². The molecule has 2 aromatic carbocycles. The lowest BCUT2D eigenvalue weighted by atomic mass is 10.2. The van der Waals surface area contributed by atoms with Crippen molar-refractivity contribution >= 4 is 39.9 Å². The lowest BCUT2D eigenvalue weighted by Gasteiger charge is -1.96. The first-order valence-corrected chi connectivity index (χ1v) is 7.96. The number of primary amides is 1. The van der Waals surface area contributed by atoms with Gasteiger partial charge in [-0.25, -0.2) is 14.4 Å². The topological polar surface area (TPSA) is 95.2 Å². The number of hydrogen-bond donors (Lipinski definition) is 1. The highest BCUT2D eigenvalue weighted by molar-refractivity contribution is 7.98. The van der Waals surface area contributed by atoms with Crippen LogP contribution in [0, 0.1) is 5.82 Å². The Kier molecular flexibility index (Phi) is 3.46. The second kappa shape index (κ2) is 5.64. The maximum absolute atomic E-state index is 13.5. The zero-order chi connectivity index (χ0) is 16.7. The standard InChI is InChI=1S/C16H10FN3O3S/c17-8-5-9(15(18)21)14-11(6-8)20-16(23-14)24-7-13-19-10-3-1-2-4-12(10)22-13/h1-6H,7H2,(H2,18,21). The van der Waals surface area contributed by atoms with Crippen molar-refractivity contribution in [3.63, 3.8) is 0 Å². The third-order valence-corrected chi connectivity index (χ3v) is 4.17. The van der Waals surface area contributed by atoms with Crippen LogP contribution in [0.2, 0.25) is 0 Å². The normalized spacial score (nSPS) is 11.4. The molecule has 0 spiro atoms. The fourth-order valence-corrected chi connectivity index (χ4v) is 3.00. The number of halogens is 1. The molecular formula is C16H10FN3O3S. The Labute approximate surface area is 138 Å². The van der Waals surface area contributed by atoms with E-state index >= 15 is 0 Å². The highest BCUT2D eigenvalue weighted by atomic mass is 32.2. The van der Waals surface area contributed by atoms with Crippen LogP contribution in [-0.4, -0.2) is 15.9 Å². The van der Waals surface area contributed by atoms with Crippen molar-refractivity contribution in [1.82, 2.24) is 9.97 Å². The van der Waals surface area contributed by atoms with Crippen molar-refractivity contribution in [1.29, 1.82) is 0 Å². The second-order valence-electron chi connectivity index (χ2n) is 5.01. The van der Waals surface area contributed by atoms with Gasteiger partial charge in [-0.05, 0) is 18.2 Å². The molecule has 1 amide bonds. The minimum Gasteiger partial charge on any atom is -0.440 e. The van der Waals surface area contributed by atoms with E-state index in [0.717, 1.165) is 11.6 Å². The van der Waals surface area contributed by atoms with Crippen molar-refractivity contribution in [3.05, 3.63) is 53.7 Å². The summed E-state index contributed by atoms with van der Waals surface area (Å²) in [5.74, 6) is -0.466. The largest absolute Gasteiger partial charge is 0.440 e. The summed E-state index contributed by atoms with van der Waals surface area (Å²) in [4.78, 5) is 19.9. The van der Waals surface area contributed by atoms with Gasteiger partial charge in [0.05, 0.1) is 11.3 Å². The molecule has 0 fully saturated rings. The maximum Gasteiger partial charge on any atom is 0.257 e. The van der Waals surface area contributed by atoms with Crippen LogP contribution < -0.4 is 5.73 Å². The summed E-state index contributed by atoms with van der Waals surface area (Å²) in [7, 11) is 0. The SMILES string of the molecule is NC(=O)c1cc(F)cc2nc(SCc3nc4ccccc4o3)oc12. The number of carbonyl (C=O) groups is 1. The molecule has 0 bridgehead atoms. The number of rotatable bonds is 4. The quantitative estimate of drug-likeness (QED) is 0.570. The third kappa shape index (κ3) is 2.61. The number of benzene rings is 2. The van der Waals surface area contributed by atoms with Gasteiger partial charge in [-0.3, -0.25) is 4.79 Å². The highest BCUT2D eigenvalue weighted by Gasteiger charge is 2.17. The first kappa shape index (κ1) is 14.7. The van der Waals surface area contributed by atoms with E-state index in [1.165, 1.54) is 17.8 Å². The monoisotopic (exact) mass is 343 g/mol. The van der Waals surface area contributed by atoms with E-state index in [1.807, 2.05) is 24.3 Å². The summed E-state index contributed by atoms with van der Waals surface area (Å²) in [6, 6.07) is 9.65. The summed E-state index contributed by atoms with van der Waals surface area (Å²) in [5, 5.41) is 0.278. The molecular weight excluding hydrogens is 333 g/mol. The number of aromatic nitrogens is 2. The average Bonchev–Trinajstić information content (AvgIpc) is 3.14. The molecule has 8 heteroatoms. The van der Waals surface area contributed by atoms with Gasteiger partial charge in [0.2, 0.25) is 5.89 Å². The molecule has 0 saturated heterocycles. The molecule has 2 heterocycles. The first-order valence-electron chi connectivity index (χ1n) is 6.97. The van der Waals surface area contributed by atoms with Gasteiger partial charge in [-0.15, -0.1) is 0 Å². The molecule has 6 nitrogen and oxygen atoms in total. The predicted octanol–water partition coefficient (Wildman–Crippen LogP) is 3.50. The molecule has 0 unspecified atom stereocenters. The number of nitrogens with zero attached hydrogens (tertiary/aromatic N) is 2. The molecule has 4 rings (SSSR count). The zero-order valence-corrected chi connectivity index (χ0v) is 13.0. The molecule has 0 aliphatic carbocycles. The molecule has 4 aromatic rings. The Balaban J connectivity index is 1.62. The van der Waals surface area contributed by atoms with Gasteiger partial charge in [0.1, 0.15) is 16.9 Å². The average molecular weight is 343 g/mol. The lowest BCUT2D eigenvalue weighted by Crippen LogP contribution is -2.11. The van der Waals surface area contributed by atoms with Gasteiger partial charge < -0.3 is 14.6 Å². The number of para-hydroxylation sites is 2. The van der Waals surface area contributed by atoms with Gasteiger partial charge in [0, 0.05) is 6.07 Å². The molecule has 0 aliphatic heterocycles. The summed E-state index contributed by atoms with van der Waals surface area (Å²) in [5.41, 5.74) is 7.08. The van der Waals surface area contributed by atoms with E-state index < -0.39 is 11.7 Å². The molecule has 0 aliphatic rings. The number of nitrogens with two attached hydrogens (primary N) is 1. The molecule has 0 atom stereocenters. The molecule has 120 valence electrons. The molecule has 2 N–H and O–H groups in total. The maximum atomic E-state index is 13.5. The summed E-state index contributed by atoms with van der Waals surface area (Å²) >= 11 is 1.23. The smallest absolute Gasteiger partial charge is 0.257 e. The number of carbonyl (C=O) groups excluding carboxylic acids is 1. The summed E-state index contributed by atoms with van der Waals surface area (Å²) < 4.78 is 24.7. The molecule has 24 heavy (non-hydrogen) atoms.